The molecule has 5 nitrogen and oxygen atoms in total. The predicted octanol–water partition coefficient (Wildman–Crippen LogP) is 3.97. The van der Waals surface area contributed by atoms with Crippen molar-refractivity contribution in [2.45, 2.75) is 13.2 Å². The van der Waals surface area contributed by atoms with Crippen LogP contribution in [0.25, 0.3) is 0 Å². The molecule has 0 atom stereocenters. The third-order valence-corrected chi connectivity index (χ3v) is 5.07. The first-order valence-corrected chi connectivity index (χ1v) is 9.73. The molecule has 0 spiro atoms. The van der Waals surface area contributed by atoms with Crippen LogP contribution in [0.2, 0.25) is 0 Å². The van der Waals surface area contributed by atoms with Crippen molar-refractivity contribution in [2.24, 2.45) is 0 Å². The fraction of sp³-hybridized carbons (Fsp3) is 0.261. The first-order valence-electron chi connectivity index (χ1n) is 9.73. The smallest absolute Gasteiger partial charge is 0.260 e. The number of hydrogen-bond donors (Lipinski definition) is 0. The zero-order valence-electron chi connectivity index (χ0n) is 16.0. The summed E-state index contributed by atoms with van der Waals surface area (Å²) in [7, 11) is 0. The molecule has 0 radical (unpaired) electrons. The zero-order valence-corrected chi connectivity index (χ0v) is 16.0. The van der Waals surface area contributed by atoms with Gasteiger partial charge in [-0.2, -0.15) is 9.90 Å². The van der Waals surface area contributed by atoms with Crippen LogP contribution in [-0.2, 0) is 22.9 Å². The number of piperazine rings is 1. The number of quaternary nitrogens is 1. The second-order valence-electron chi connectivity index (χ2n) is 6.97. The number of nitrogens with zero attached hydrogens (tertiary/aromatic N) is 3. The van der Waals surface area contributed by atoms with Crippen molar-refractivity contribution in [1.29, 1.82) is 0 Å². The largest absolute Gasteiger partial charge is 0.294 e. The van der Waals surface area contributed by atoms with Crippen molar-refractivity contribution in [3.63, 3.8) is 0 Å². The van der Waals surface area contributed by atoms with Gasteiger partial charge in [0.2, 0.25) is 0 Å². The number of hydroxylamine groups is 4. The van der Waals surface area contributed by atoms with Crippen molar-refractivity contribution in [3.8, 4) is 0 Å². The van der Waals surface area contributed by atoms with Crippen molar-refractivity contribution < 1.29 is 9.68 Å². The molecular weight excluding hydrogens is 350 g/mol. The Morgan fingerprint density at radius 2 is 1.36 bits per heavy atom. The molecule has 4 rings (SSSR count). The second-order valence-corrected chi connectivity index (χ2v) is 6.97. The van der Waals surface area contributed by atoms with Crippen molar-refractivity contribution >= 4 is 5.82 Å². The Labute approximate surface area is 166 Å². The SMILES string of the molecule is c1ccc(CON2CC[N+](OCc3ccccc3)(c3ccccn3)CC2)cc1. The van der Waals surface area contributed by atoms with E-state index in [1.54, 1.807) is 0 Å². The van der Waals surface area contributed by atoms with Crippen LogP contribution in [0, 0.1) is 0 Å². The van der Waals surface area contributed by atoms with Crippen LogP contribution in [0.4, 0.5) is 5.82 Å². The molecule has 1 aliphatic heterocycles. The van der Waals surface area contributed by atoms with Gasteiger partial charge in [-0.25, -0.2) is 4.98 Å². The van der Waals surface area contributed by atoms with Crippen molar-refractivity contribution in [2.75, 3.05) is 26.2 Å². The number of pyridine rings is 1. The minimum absolute atomic E-state index is 0.418. The van der Waals surface area contributed by atoms with Crippen LogP contribution in [0.3, 0.4) is 0 Å². The molecule has 1 aromatic heterocycles. The molecule has 0 saturated carbocycles. The first-order chi connectivity index (χ1) is 13.8. The van der Waals surface area contributed by atoms with Gasteiger partial charge in [0.1, 0.15) is 19.7 Å². The lowest BCUT2D eigenvalue weighted by molar-refractivity contribution is -0.240. The molecule has 0 bridgehead atoms. The van der Waals surface area contributed by atoms with Crippen molar-refractivity contribution in [3.05, 3.63) is 96.2 Å². The molecule has 1 fully saturated rings. The normalized spacial score (nSPS) is 16.7. The van der Waals surface area contributed by atoms with Crippen LogP contribution >= 0.6 is 0 Å². The third-order valence-electron chi connectivity index (χ3n) is 5.07. The van der Waals surface area contributed by atoms with E-state index in [-0.39, 0.29) is 0 Å². The van der Waals surface area contributed by atoms with Crippen LogP contribution < -0.4 is 4.65 Å². The van der Waals surface area contributed by atoms with Crippen LogP contribution in [0.5, 0.6) is 0 Å². The molecule has 0 amide bonds. The predicted molar refractivity (Wildman–Crippen MR) is 110 cm³/mol. The molecule has 1 saturated heterocycles. The van der Waals surface area contributed by atoms with E-state index in [9.17, 15) is 0 Å². The van der Waals surface area contributed by atoms with Gasteiger partial charge in [0.25, 0.3) is 5.82 Å². The Balaban J connectivity index is 1.41. The summed E-state index contributed by atoms with van der Waals surface area (Å²) in [5, 5.41) is 2.04. The highest BCUT2D eigenvalue weighted by Gasteiger charge is 2.39. The van der Waals surface area contributed by atoms with Gasteiger partial charge in [-0.1, -0.05) is 66.7 Å². The summed E-state index contributed by atoms with van der Waals surface area (Å²) in [6.45, 7) is 4.31. The summed E-state index contributed by atoms with van der Waals surface area (Å²) in [4.78, 5) is 17.0. The molecule has 0 aliphatic carbocycles. The van der Waals surface area contributed by atoms with Gasteiger partial charge in [-0.05, 0) is 17.2 Å². The molecule has 28 heavy (non-hydrogen) atoms. The van der Waals surface area contributed by atoms with Gasteiger partial charge in [-0.3, -0.25) is 4.84 Å². The maximum Gasteiger partial charge on any atom is 0.260 e. The summed E-state index contributed by atoms with van der Waals surface area (Å²) in [5.41, 5.74) is 2.34. The van der Waals surface area contributed by atoms with Crippen LogP contribution in [0.1, 0.15) is 11.1 Å². The third kappa shape index (κ3) is 4.64. The highest BCUT2D eigenvalue weighted by Crippen LogP contribution is 2.25. The lowest BCUT2D eigenvalue weighted by Crippen LogP contribution is -2.60. The van der Waals surface area contributed by atoms with Gasteiger partial charge < -0.3 is 0 Å². The Hall–Kier alpha value is -2.57. The lowest BCUT2D eigenvalue weighted by Gasteiger charge is -2.40. The standard InChI is InChI=1S/C23H26N3O2/c1-3-9-21(10-4-1)19-27-25-15-17-26(18-16-25,23-13-7-8-14-24-23)28-20-22-11-5-2-6-12-22/h1-14H,15-20H2/q+1. The minimum atomic E-state index is 0.418. The Bertz CT molecular complexity index is 835. The van der Waals surface area contributed by atoms with Gasteiger partial charge in [0.15, 0.2) is 0 Å². The van der Waals surface area contributed by atoms with Gasteiger partial charge >= 0.3 is 0 Å². The number of aromatic nitrogens is 1. The molecule has 0 N–H and O–H groups in total. The van der Waals surface area contributed by atoms with Gasteiger partial charge in [0, 0.05) is 12.3 Å². The van der Waals surface area contributed by atoms with E-state index in [1.165, 1.54) is 11.1 Å². The number of hydrogen-bond acceptors (Lipinski definition) is 4. The maximum atomic E-state index is 6.45. The highest BCUT2D eigenvalue weighted by atomic mass is 16.7. The van der Waals surface area contributed by atoms with Crippen LogP contribution in [0.15, 0.2) is 85.1 Å². The summed E-state index contributed by atoms with van der Waals surface area (Å²) >= 11 is 0. The Kier molecular flexibility index (Phi) is 6.09. The monoisotopic (exact) mass is 376 g/mol. The molecular formula is C23H26N3O2+. The number of rotatable bonds is 7. The Morgan fingerprint density at radius 1 is 0.750 bits per heavy atom. The van der Waals surface area contributed by atoms with E-state index in [1.807, 2.05) is 65.9 Å². The van der Waals surface area contributed by atoms with Crippen LogP contribution in [-0.4, -0.2) is 36.2 Å². The second kappa shape index (κ2) is 9.08. The fourth-order valence-electron chi connectivity index (χ4n) is 3.43. The molecule has 3 aromatic rings. The fourth-order valence-corrected chi connectivity index (χ4v) is 3.43. The molecule has 5 heteroatoms. The van der Waals surface area contributed by atoms with E-state index in [0.29, 0.717) is 17.9 Å². The summed E-state index contributed by atoms with van der Waals surface area (Å²) in [5.74, 6) is 0.946. The lowest BCUT2D eigenvalue weighted by atomic mass is 10.2. The average molecular weight is 376 g/mol. The highest BCUT2D eigenvalue weighted by molar-refractivity contribution is 5.31. The van der Waals surface area contributed by atoms with Gasteiger partial charge in [0.05, 0.1) is 19.7 Å². The van der Waals surface area contributed by atoms with Gasteiger partial charge in [-0.15, -0.1) is 4.65 Å². The zero-order chi connectivity index (χ0) is 19.1. The minimum Gasteiger partial charge on any atom is -0.294 e. The summed E-state index contributed by atoms with van der Waals surface area (Å²) < 4.78 is 0.418. The molecule has 144 valence electrons. The first kappa shape index (κ1) is 18.8. The van der Waals surface area contributed by atoms with E-state index in [2.05, 4.69) is 29.2 Å². The maximum absolute atomic E-state index is 6.45. The molecule has 2 aromatic carbocycles. The summed E-state index contributed by atoms with van der Waals surface area (Å²) in [6, 6.07) is 26.6. The quantitative estimate of drug-likeness (QED) is 0.585. The van der Waals surface area contributed by atoms with E-state index >= 15 is 0 Å². The Morgan fingerprint density at radius 3 is 1.96 bits per heavy atom. The van der Waals surface area contributed by atoms with E-state index in [4.69, 9.17) is 9.68 Å². The van der Waals surface area contributed by atoms with Crippen molar-refractivity contribution in [1.82, 2.24) is 14.7 Å². The average Bonchev–Trinajstić information content (AvgIpc) is 2.79. The molecule has 1 aliphatic rings. The molecule has 2 heterocycles. The summed E-state index contributed by atoms with van der Waals surface area (Å²) in [6.07, 6.45) is 1.83. The van der Waals surface area contributed by atoms with E-state index < -0.39 is 0 Å². The molecule has 0 unspecified atom stereocenters. The van der Waals surface area contributed by atoms with E-state index in [0.717, 1.165) is 32.0 Å². The number of benzene rings is 2. The topological polar surface area (TPSA) is 34.6 Å².